The van der Waals surface area contributed by atoms with Gasteiger partial charge in [0.15, 0.2) is 0 Å². The molecule has 2 aliphatic heterocycles. The summed E-state index contributed by atoms with van der Waals surface area (Å²) in [5.74, 6) is 0.209. The lowest BCUT2D eigenvalue weighted by molar-refractivity contribution is -0.140. The number of carbonyl (C=O) groups is 1. The number of methoxy groups -OCH3 is 1. The van der Waals surface area contributed by atoms with Crippen molar-refractivity contribution in [1.29, 1.82) is 0 Å². The molecule has 104 valence electrons. The van der Waals surface area contributed by atoms with Gasteiger partial charge in [-0.25, -0.2) is 0 Å². The Morgan fingerprint density at radius 2 is 2.44 bits per heavy atom. The third-order valence-corrected chi connectivity index (χ3v) is 3.92. The summed E-state index contributed by atoms with van der Waals surface area (Å²) in [6.07, 6.45) is 2.57. The van der Waals surface area contributed by atoms with Crippen molar-refractivity contribution in [2.45, 2.75) is 37.8 Å². The van der Waals surface area contributed by atoms with Crippen LogP contribution in [0.2, 0.25) is 0 Å². The molecular weight excluding hydrogens is 232 g/mol. The molecule has 0 aliphatic carbocycles. The van der Waals surface area contributed by atoms with E-state index in [1.807, 2.05) is 4.90 Å². The normalized spacial score (nSPS) is 33.4. The minimum Gasteiger partial charge on any atom is -0.378 e. The average molecular weight is 256 g/mol. The van der Waals surface area contributed by atoms with E-state index in [4.69, 9.17) is 9.47 Å². The van der Waals surface area contributed by atoms with Crippen molar-refractivity contribution >= 4 is 5.91 Å². The maximum Gasteiger partial charge on any atom is 0.224 e. The number of piperidine rings is 1. The lowest BCUT2D eigenvalue weighted by Gasteiger charge is -2.40. The molecule has 5 heteroatoms. The summed E-state index contributed by atoms with van der Waals surface area (Å²) in [4.78, 5) is 14.2. The monoisotopic (exact) mass is 256 g/mol. The molecule has 2 heterocycles. The standard InChI is InChI=1S/C13H24N2O3/c1-13(17-2)4-3-6-15(10-13)12(16)8-11-9-18-7-5-14-11/h11,14H,3-10H2,1-2H3. The van der Waals surface area contributed by atoms with Crippen molar-refractivity contribution in [3.05, 3.63) is 0 Å². The molecule has 1 amide bonds. The Morgan fingerprint density at radius 1 is 1.61 bits per heavy atom. The average Bonchev–Trinajstić information content (AvgIpc) is 2.40. The molecule has 2 fully saturated rings. The molecule has 2 atom stereocenters. The molecular formula is C13H24N2O3. The first-order valence-corrected chi connectivity index (χ1v) is 6.77. The van der Waals surface area contributed by atoms with Crippen LogP contribution >= 0.6 is 0 Å². The first kappa shape index (κ1) is 13.8. The highest BCUT2D eigenvalue weighted by molar-refractivity contribution is 5.77. The molecule has 2 rings (SSSR count). The summed E-state index contributed by atoms with van der Waals surface area (Å²) in [7, 11) is 1.73. The molecule has 2 unspecified atom stereocenters. The summed E-state index contributed by atoms with van der Waals surface area (Å²) in [5.41, 5.74) is -0.176. The number of hydrogen-bond acceptors (Lipinski definition) is 4. The van der Waals surface area contributed by atoms with Crippen molar-refractivity contribution in [3.63, 3.8) is 0 Å². The van der Waals surface area contributed by atoms with E-state index < -0.39 is 0 Å². The minimum absolute atomic E-state index is 0.168. The summed E-state index contributed by atoms with van der Waals surface area (Å²) >= 11 is 0. The van der Waals surface area contributed by atoms with E-state index in [0.717, 1.165) is 32.5 Å². The lowest BCUT2D eigenvalue weighted by Crippen LogP contribution is -2.52. The molecule has 0 saturated carbocycles. The highest BCUT2D eigenvalue weighted by Gasteiger charge is 2.33. The molecule has 18 heavy (non-hydrogen) atoms. The number of morpholine rings is 1. The topological polar surface area (TPSA) is 50.8 Å². The Hall–Kier alpha value is -0.650. The maximum absolute atomic E-state index is 12.2. The molecule has 0 aromatic carbocycles. The predicted octanol–water partition coefficient (Wildman–Crippen LogP) is 0.392. The van der Waals surface area contributed by atoms with E-state index in [0.29, 0.717) is 19.6 Å². The number of nitrogens with one attached hydrogen (secondary N) is 1. The van der Waals surface area contributed by atoms with Gasteiger partial charge in [-0.05, 0) is 19.8 Å². The molecule has 5 nitrogen and oxygen atoms in total. The molecule has 0 spiro atoms. The Balaban J connectivity index is 1.84. The van der Waals surface area contributed by atoms with Crippen LogP contribution in [0.4, 0.5) is 0 Å². The SMILES string of the molecule is COC1(C)CCCN(C(=O)CC2COCCN2)C1. The zero-order valence-electron chi connectivity index (χ0n) is 11.4. The van der Waals surface area contributed by atoms with Gasteiger partial charge in [0.1, 0.15) is 0 Å². The number of amides is 1. The zero-order chi connectivity index (χ0) is 13.0. The molecule has 0 radical (unpaired) electrons. The number of hydrogen-bond donors (Lipinski definition) is 1. The predicted molar refractivity (Wildman–Crippen MR) is 68.5 cm³/mol. The fourth-order valence-corrected chi connectivity index (χ4v) is 2.68. The van der Waals surface area contributed by atoms with Gasteiger partial charge in [0.05, 0.1) is 18.8 Å². The maximum atomic E-state index is 12.2. The zero-order valence-corrected chi connectivity index (χ0v) is 11.4. The summed E-state index contributed by atoms with van der Waals surface area (Å²) in [6, 6.07) is 0.168. The van der Waals surface area contributed by atoms with E-state index in [1.54, 1.807) is 7.11 Å². The minimum atomic E-state index is -0.176. The Morgan fingerprint density at radius 3 is 3.11 bits per heavy atom. The van der Waals surface area contributed by atoms with Gasteiger partial charge in [-0.1, -0.05) is 0 Å². The second-order valence-electron chi connectivity index (χ2n) is 5.50. The third kappa shape index (κ3) is 3.43. The second kappa shape index (κ2) is 5.99. The van der Waals surface area contributed by atoms with Gasteiger partial charge in [0.2, 0.25) is 5.91 Å². The fourth-order valence-electron chi connectivity index (χ4n) is 2.68. The highest BCUT2D eigenvalue weighted by Crippen LogP contribution is 2.24. The van der Waals surface area contributed by atoms with Crippen LogP contribution in [-0.2, 0) is 14.3 Å². The van der Waals surface area contributed by atoms with Gasteiger partial charge in [-0.3, -0.25) is 4.79 Å². The number of ether oxygens (including phenoxy) is 2. The van der Waals surface area contributed by atoms with Gasteiger partial charge < -0.3 is 19.7 Å². The number of nitrogens with zero attached hydrogens (tertiary/aromatic N) is 1. The quantitative estimate of drug-likeness (QED) is 0.794. The summed E-state index contributed by atoms with van der Waals surface area (Å²) < 4.78 is 10.9. The Kier molecular flexibility index (Phi) is 4.59. The van der Waals surface area contributed by atoms with Gasteiger partial charge in [-0.15, -0.1) is 0 Å². The van der Waals surface area contributed by atoms with Crippen LogP contribution in [0.3, 0.4) is 0 Å². The van der Waals surface area contributed by atoms with Crippen molar-refractivity contribution in [3.8, 4) is 0 Å². The van der Waals surface area contributed by atoms with Crippen molar-refractivity contribution in [2.75, 3.05) is 40.0 Å². The van der Waals surface area contributed by atoms with Crippen LogP contribution in [0, 0.1) is 0 Å². The number of likely N-dealkylation sites (tertiary alicyclic amines) is 1. The van der Waals surface area contributed by atoms with E-state index >= 15 is 0 Å². The number of rotatable bonds is 3. The van der Waals surface area contributed by atoms with E-state index in [2.05, 4.69) is 12.2 Å². The largest absolute Gasteiger partial charge is 0.378 e. The van der Waals surface area contributed by atoms with Crippen LogP contribution in [0.25, 0.3) is 0 Å². The second-order valence-corrected chi connectivity index (χ2v) is 5.50. The van der Waals surface area contributed by atoms with Crippen molar-refractivity contribution < 1.29 is 14.3 Å². The van der Waals surface area contributed by atoms with Gasteiger partial charge >= 0.3 is 0 Å². The van der Waals surface area contributed by atoms with Gasteiger partial charge in [0, 0.05) is 39.2 Å². The fraction of sp³-hybridized carbons (Fsp3) is 0.923. The number of carbonyl (C=O) groups excluding carboxylic acids is 1. The van der Waals surface area contributed by atoms with E-state index in [9.17, 15) is 4.79 Å². The smallest absolute Gasteiger partial charge is 0.224 e. The van der Waals surface area contributed by atoms with E-state index in [-0.39, 0.29) is 17.6 Å². The first-order chi connectivity index (χ1) is 8.63. The van der Waals surface area contributed by atoms with Crippen molar-refractivity contribution in [1.82, 2.24) is 10.2 Å². The van der Waals surface area contributed by atoms with Crippen LogP contribution in [0.5, 0.6) is 0 Å². The molecule has 0 aromatic rings. The van der Waals surface area contributed by atoms with Crippen LogP contribution in [-0.4, -0.2) is 62.4 Å². The van der Waals surface area contributed by atoms with Gasteiger partial charge in [-0.2, -0.15) is 0 Å². The third-order valence-electron chi connectivity index (χ3n) is 3.92. The lowest BCUT2D eigenvalue weighted by atomic mass is 9.94. The molecule has 0 aromatic heterocycles. The molecule has 1 N–H and O–H groups in total. The van der Waals surface area contributed by atoms with E-state index in [1.165, 1.54) is 0 Å². The summed E-state index contributed by atoms with van der Waals surface area (Å²) in [5, 5.41) is 3.32. The van der Waals surface area contributed by atoms with Crippen LogP contribution in [0.15, 0.2) is 0 Å². The Labute approximate surface area is 109 Å². The van der Waals surface area contributed by atoms with Crippen LogP contribution in [0.1, 0.15) is 26.2 Å². The molecule has 2 aliphatic rings. The van der Waals surface area contributed by atoms with Crippen molar-refractivity contribution in [2.24, 2.45) is 0 Å². The summed E-state index contributed by atoms with van der Waals surface area (Å²) in [6.45, 7) is 5.86. The van der Waals surface area contributed by atoms with Crippen LogP contribution < -0.4 is 5.32 Å². The Bertz CT molecular complexity index is 292. The van der Waals surface area contributed by atoms with Gasteiger partial charge in [0.25, 0.3) is 0 Å². The highest BCUT2D eigenvalue weighted by atomic mass is 16.5. The molecule has 0 bridgehead atoms. The first-order valence-electron chi connectivity index (χ1n) is 6.77. The molecule has 2 saturated heterocycles.